The molecule has 0 aliphatic heterocycles. The lowest BCUT2D eigenvalue weighted by Gasteiger charge is -2.20. The van der Waals surface area contributed by atoms with Gasteiger partial charge in [-0.15, -0.1) is 0 Å². The van der Waals surface area contributed by atoms with Crippen molar-refractivity contribution in [3.63, 3.8) is 0 Å². The predicted octanol–water partition coefficient (Wildman–Crippen LogP) is 2.54. The van der Waals surface area contributed by atoms with E-state index in [0.717, 1.165) is 12.3 Å². The van der Waals surface area contributed by atoms with E-state index in [0.29, 0.717) is 0 Å². The summed E-state index contributed by atoms with van der Waals surface area (Å²) in [6.45, 7) is 0. The summed E-state index contributed by atoms with van der Waals surface area (Å²) in [6.07, 6.45) is 2.06. The minimum absolute atomic E-state index is 0. The van der Waals surface area contributed by atoms with Crippen LogP contribution in [0.3, 0.4) is 0 Å². The van der Waals surface area contributed by atoms with Gasteiger partial charge in [-0.05, 0) is 0 Å². The van der Waals surface area contributed by atoms with Crippen molar-refractivity contribution < 1.29 is 9.05 Å². The van der Waals surface area contributed by atoms with Gasteiger partial charge in [0.05, 0.1) is 24.7 Å². The van der Waals surface area contributed by atoms with Gasteiger partial charge in [0, 0.05) is 37.2 Å². The Kier molecular flexibility index (Phi) is 8.80. The monoisotopic (exact) mass is 320 g/mol. The Bertz CT molecular complexity index is 449. The van der Waals surface area contributed by atoms with Crippen LogP contribution in [-0.2, 0) is 9.05 Å². The van der Waals surface area contributed by atoms with Crippen molar-refractivity contribution in [2.24, 2.45) is 0 Å². The predicted molar refractivity (Wildman–Crippen MR) is 99.7 cm³/mol. The number of hydrogen-bond acceptors (Lipinski definition) is 2. The number of hydrogen-bond donors (Lipinski definition) is 0. The molecule has 0 saturated carbocycles. The van der Waals surface area contributed by atoms with Gasteiger partial charge in [0.15, 0.2) is 0 Å². The lowest BCUT2D eigenvalue weighted by molar-refractivity contribution is 0.462. The van der Waals surface area contributed by atoms with Crippen LogP contribution >= 0.6 is 16.3 Å². The van der Waals surface area contributed by atoms with Crippen molar-refractivity contribution in [1.82, 2.24) is 0 Å². The van der Waals surface area contributed by atoms with Crippen LogP contribution in [-0.4, -0.2) is 35.0 Å². The molecule has 0 amide bonds. The van der Waals surface area contributed by atoms with E-state index in [2.05, 4.69) is 48.5 Å². The Morgan fingerprint density at radius 1 is 0.667 bits per heavy atom. The summed E-state index contributed by atoms with van der Waals surface area (Å²) in [4.78, 5) is 0. The molecule has 0 spiro atoms. The zero-order chi connectivity index (χ0) is 14.2. The molecule has 0 saturated heterocycles. The largest absolute Gasteiger partial charge is 0.358 e. The van der Waals surface area contributed by atoms with Crippen LogP contribution in [0.2, 0.25) is 0 Å². The molecule has 0 bridgehead atoms. The summed E-state index contributed by atoms with van der Waals surface area (Å²) in [6, 6.07) is 20.9. The molecule has 0 N–H and O–H groups in total. The Hall–Kier alpha value is -0.715. The molecule has 2 aromatic carbocycles. The summed E-state index contributed by atoms with van der Waals surface area (Å²) >= 11 is 0. The summed E-state index contributed by atoms with van der Waals surface area (Å²) in [5, 5.41) is 2.59. The van der Waals surface area contributed by atoms with Gasteiger partial charge in [-0.1, -0.05) is 60.7 Å². The molecule has 0 aromatic heterocycles. The van der Waals surface area contributed by atoms with Crippen LogP contribution in [0.5, 0.6) is 0 Å². The SMILES string of the molecule is B.CO[P@@](CC[P@](OC)c1ccccc1)c1ccccc1. The smallest absolute Gasteiger partial charge is 0.0814 e. The summed E-state index contributed by atoms with van der Waals surface area (Å²) in [7, 11) is 2.51. The van der Waals surface area contributed by atoms with E-state index in [-0.39, 0.29) is 8.41 Å². The zero-order valence-electron chi connectivity index (χ0n) is 11.9. The molecule has 21 heavy (non-hydrogen) atoms. The highest BCUT2D eigenvalue weighted by Gasteiger charge is 2.16. The normalized spacial score (nSPS) is 13.2. The topological polar surface area (TPSA) is 18.5 Å². The van der Waals surface area contributed by atoms with Crippen molar-refractivity contribution in [2.75, 3.05) is 26.5 Å². The van der Waals surface area contributed by atoms with Gasteiger partial charge in [-0.2, -0.15) is 0 Å². The third-order valence-corrected chi connectivity index (χ3v) is 7.28. The summed E-state index contributed by atoms with van der Waals surface area (Å²) < 4.78 is 11.4. The molecular formula is C16H23BO2P2. The molecule has 2 atom stereocenters. The van der Waals surface area contributed by atoms with Gasteiger partial charge in [-0.3, -0.25) is 0 Å². The van der Waals surface area contributed by atoms with E-state index in [9.17, 15) is 0 Å². The fourth-order valence-corrected chi connectivity index (χ4v) is 5.79. The van der Waals surface area contributed by atoms with Crippen molar-refractivity contribution in [2.45, 2.75) is 0 Å². The van der Waals surface area contributed by atoms with Crippen LogP contribution in [0, 0.1) is 0 Å². The zero-order valence-corrected chi connectivity index (χ0v) is 13.7. The van der Waals surface area contributed by atoms with E-state index in [4.69, 9.17) is 9.05 Å². The van der Waals surface area contributed by atoms with E-state index < -0.39 is 16.3 Å². The molecule has 5 heteroatoms. The average molecular weight is 320 g/mol. The van der Waals surface area contributed by atoms with Crippen LogP contribution in [0.25, 0.3) is 0 Å². The van der Waals surface area contributed by atoms with E-state index >= 15 is 0 Å². The minimum Gasteiger partial charge on any atom is -0.358 e. The Labute approximate surface area is 132 Å². The first-order valence-corrected chi connectivity index (χ1v) is 9.47. The fraction of sp³-hybridized carbons (Fsp3) is 0.250. The van der Waals surface area contributed by atoms with E-state index in [1.165, 1.54) is 10.6 Å². The van der Waals surface area contributed by atoms with Crippen molar-refractivity contribution in [1.29, 1.82) is 0 Å². The maximum atomic E-state index is 5.69. The number of benzene rings is 2. The summed E-state index contributed by atoms with van der Waals surface area (Å²) in [5.74, 6) is 0. The molecule has 0 fully saturated rings. The maximum absolute atomic E-state index is 5.69. The first kappa shape index (κ1) is 18.3. The Balaban J connectivity index is 0.00000220. The van der Waals surface area contributed by atoms with Crippen LogP contribution < -0.4 is 10.6 Å². The quantitative estimate of drug-likeness (QED) is 0.577. The highest BCUT2D eigenvalue weighted by atomic mass is 31.1. The van der Waals surface area contributed by atoms with Gasteiger partial charge in [0.1, 0.15) is 0 Å². The minimum atomic E-state index is -0.546. The lowest BCUT2D eigenvalue weighted by atomic mass is 10.4. The van der Waals surface area contributed by atoms with Crippen LogP contribution in [0.4, 0.5) is 0 Å². The molecule has 0 unspecified atom stereocenters. The second-order valence-electron chi connectivity index (χ2n) is 4.24. The first-order chi connectivity index (χ1) is 9.85. The van der Waals surface area contributed by atoms with Crippen molar-refractivity contribution in [3.8, 4) is 0 Å². The van der Waals surface area contributed by atoms with Crippen LogP contribution in [0.15, 0.2) is 60.7 Å². The molecule has 2 aromatic rings. The van der Waals surface area contributed by atoms with E-state index in [1.807, 2.05) is 12.1 Å². The van der Waals surface area contributed by atoms with E-state index in [1.54, 1.807) is 14.2 Å². The van der Waals surface area contributed by atoms with Crippen molar-refractivity contribution >= 4 is 35.3 Å². The molecule has 0 aliphatic carbocycles. The highest BCUT2D eigenvalue weighted by molar-refractivity contribution is 7.64. The third kappa shape index (κ3) is 5.53. The Morgan fingerprint density at radius 2 is 1.00 bits per heavy atom. The average Bonchev–Trinajstić information content (AvgIpc) is 2.53. The second kappa shape index (κ2) is 10.1. The standard InChI is InChI=1S/C16H20O2P2.BH3/c1-17-19(15-9-5-3-6-10-15)13-14-20(18-2)16-11-7-4-8-12-16;/h3-12H,13-14H2,1-2H3;1H3/t19-,20-;/m0./s1. The molecule has 112 valence electrons. The van der Waals surface area contributed by atoms with Gasteiger partial charge in [0.25, 0.3) is 0 Å². The lowest BCUT2D eigenvalue weighted by Crippen LogP contribution is -2.10. The van der Waals surface area contributed by atoms with Gasteiger partial charge < -0.3 is 9.05 Å². The molecule has 0 aliphatic rings. The first-order valence-electron chi connectivity index (χ1n) is 6.58. The molecule has 0 radical (unpaired) electrons. The van der Waals surface area contributed by atoms with Gasteiger partial charge >= 0.3 is 0 Å². The third-order valence-electron chi connectivity index (χ3n) is 3.04. The van der Waals surface area contributed by atoms with Crippen molar-refractivity contribution in [3.05, 3.63) is 60.7 Å². The second-order valence-corrected chi connectivity index (χ2v) is 8.41. The molecule has 0 heterocycles. The summed E-state index contributed by atoms with van der Waals surface area (Å²) in [5.41, 5.74) is 0. The van der Waals surface area contributed by atoms with Gasteiger partial charge in [0.2, 0.25) is 0 Å². The fourth-order valence-electron chi connectivity index (χ4n) is 2.02. The molecule has 2 rings (SSSR count). The molecule has 2 nitrogen and oxygen atoms in total. The highest BCUT2D eigenvalue weighted by Crippen LogP contribution is 2.42. The number of rotatable bonds is 7. The molecular weight excluding hydrogens is 297 g/mol. The van der Waals surface area contributed by atoms with Crippen LogP contribution in [0.1, 0.15) is 0 Å². The maximum Gasteiger partial charge on any atom is 0.0814 e. The van der Waals surface area contributed by atoms with Gasteiger partial charge in [-0.25, -0.2) is 0 Å². The Morgan fingerprint density at radius 3 is 1.29 bits per heavy atom.